The van der Waals surface area contributed by atoms with Crippen LogP contribution in [0, 0.1) is 6.92 Å². The Balaban J connectivity index is 2.18. The van der Waals surface area contributed by atoms with Gasteiger partial charge in [0.15, 0.2) is 0 Å². The van der Waals surface area contributed by atoms with Crippen molar-refractivity contribution >= 4 is 10.9 Å². The third kappa shape index (κ3) is 1.07. The minimum atomic E-state index is 1.08. The third-order valence-electron chi connectivity index (χ3n) is 4.16. The van der Waals surface area contributed by atoms with Crippen LogP contribution >= 0.6 is 0 Å². The number of rotatable bonds is 0. The van der Waals surface area contributed by atoms with E-state index in [-0.39, 0.29) is 0 Å². The van der Waals surface area contributed by atoms with Crippen LogP contribution < -0.4 is 0 Å². The predicted octanol–water partition coefficient (Wildman–Crippen LogP) is 4.06. The van der Waals surface area contributed by atoms with Crippen molar-refractivity contribution in [3.05, 3.63) is 59.2 Å². The fraction of sp³-hybridized carbons (Fsp3) is 0.176. The maximum absolute atomic E-state index is 2.37. The molecule has 4 rings (SSSR count). The van der Waals surface area contributed by atoms with Crippen molar-refractivity contribution in [3.63, 3.8) is 0 Å². The highest BCUT2D eigenvalue weighted by Crippen LogP contribution is 2.42. The molecule has 3 aromatic rings. The molecule has 0 saturated heterocycles. The van der Waals surface area contributed by atoms with Crippen LogP contribution in [0.25, 0.3) is 22.2 Å². The highest BCUT2D eigenvalue weighted by molar-refractivity contribution is 5.96. The molecule has 1 heteroatoms. The maximum atomic E-state index is 2.37. The quantitative estimate of drug-likeness (QED) is 0.431. The lowest BCUT2D eigenvalue weighted by Gasteiger charge is -2.06. The van der Waals surface area contributed by atoms with Gasteiger partial charge in [-0.2, -0.15) is 0 Å². The summed E-state index contributed by atoms with van der Waals surface area (Å²) < 4.78 is 2.37. The van der Waals surface area contributed by atoms with E-state index in [2.05, 4.69) is 61.0 Å². The number of hydrogen-bond donors (Lipinski definition) is 0. The molecule has 18 heavy (non-hydrogen) atoms. The first-order chi connectivity index (χ1) is 8.77. The summed E-state index contributed by atoms with van der Waals surface area (Å²) in [6.45, 7) is 2.20. The van der Waals surface area contributed by atoms with Gasteiger partial charge >= 0.3 is 0 Å². The Morgan fingerprint density at radius 3 is 2.72 bits per heavy atom. The van der Waals surface area contributed by atoms with E-state index in [1.54, 1.807) is 0 Å². The van der Waals surface area contributed by atoms with E-state index in [1.807, 2.05) is 0 Å². The molecule has 0 aliphatic heterocycles. The van der Waals surface area contributed by atoms with Gasteiger partial charge in [-0.3, -0.25) is 0 Å². The number of benzene rings is 2. The van der Waals surface area contributed by atoms with Gasteiger partial charge in [-0.1, -0.05) is 42.5 Å². The summed E-state index contributed by atoms with van der Waals surface area (Å²) in [5.74, 6) is 0. The molecule has 0 spiro atoms. The molecule has 1 heterocycles. The molecule has 1 aliphatic rings. The second-order valence-corrected chi connectivity index (χ2v) is 5.19. The zero-order valence-corrected chi connectivity index (χ0v) is 10.7. The lowest BCUT2D eigenvalue weighted by molar-refractivity contribution is 0.973. The Kier molecular flexibility index (Phi) is 1.80. The van der Waals surface area contributed by atoms with E-state index in [9.17, 15) is 0 Å². The first-order valence-electron chi connectivity index (χ1n) is 6.42. The fourth-order valence-corrected chi connectivity index (χ4v) is 3.41. The van der Waals surface area contributed by atoms with E-state index < -0.39 is 0 Å². The van der Waals surface area contributed by atoms with Crippen LogP contribution in [0.5, 0.6) is 0 Å². The van der Waals surface area contributed by atoms with E-state index in [4.69, 9.17) is 0 Å². The average molecular weight is 233 g/mol. The van der Waals surface area contributed by atoms with Gasteiger partial charge in [0.05, 0.1) is 11.2 Å². The molecular formula is C17H15N. The Morgan fingerprint density at radius 2 is 1.83 bits per heavy atom. The van der Waals surface area contributed by atoms with Crippen molar-refractivity contribution in [2.45, 2.75) is 13.3 Å². The second kappa shape index (κ2) is 3.26. The highest BCUT2D eigenvalue weighted by Gasteiger charge is 2.25. The Morgan fingerprint density at radius 1 is 1.00 bits per heavy atom. The monoisotopic (exact) mass is 233 g/mol. The van der Waals surface area contributed by atoms with E-state index >= 15 is 0 Å². The van der Waals surface area contributed by atoms with Crippen molar-refractivity contribution < 1.29 is 0 Å². The van der Waals surface area contributed by atoms with E-state index in [1.165, 1.54) is 38.9 Å². The number of nitrogens with zero attached hydrogens (tertiary/aromatic N) is 1. The number of para-hydroxylation sites is 1. The fourth-order valence-electron chi connectivity index (χ4n) is 3.41. The highest BCUT2D eigenvalue weighted by atomic mass is 15.0. The molecule has 88 valence electrons. The Bertz CT molecular complexity index is 778. The van der Waals surface area contributed by atoms with Crippen molar-refractivity contribution in [1.82, 2.24) is 4.57 Å². The minimum absolute atomic E-state index is 1.08. The summed E-state index contributed by atoms with van der Waals surface area (Å²) in [7, 11) is 2.19. The van der Waals surface area contributed by atoms with Crippen molar-refractivity contribution in [1.29, 1.82) is 0 Å². The second-order valence-electron chi connectivity index (χ2n) is 5.19. The van der Waals surface area contributed by atoms with Crippen molar-refractivity contribution in [3.8, 4) is 11.3 Å². The molecule has 2 aromatic carbocycles. The van der Waals surface area contributed by atoms with Crippen LogP contribution in [-0.2, 0) is 13.5 Å². The number of aryl methyl sites for hydroxylation is 2. The van der Waals surface area contributed by atoms with Gasteiger partial charge < -0.3 is 4.57 Å². The normalized spacial score (nSPS) is 12.8. The number of aromatic nitrogens is 1. The predicted molar refractivity (Wildman–Crippen MR) is 75.9 cm³/mol. The molecule has 0 unspecified atom stereocenters. The lowest BCUT2D eigenvalue weighted by Crippen LogP contribution is -1.92. The number of hydrogen-bond acceptors (Lipinski definition) is 0. The van der Waals surface area contributed by atoms with Crippen LogP contribution in [0.3, 0.4) is 0 Å². The molecular weight excluding hydrogens is 218 g/mol. The van der Waals surface area contributed by atoms with Crippen LogP contribution in [-0.4, -0.2) is 4.57 Å². The van der Waals surface area contributed by atoms with Gasteiger partial charge in [0.25, 0.3) is 0 Å². The van der Waals surface area contributed by atoms with Crippen molar-refractivity contribution in [2.75, 3.05) is 0 Å². The van der Waals surface area contributed by atoms with Crippen LogP contribution in [0.15, 0.2) is 42.5 Å². The molecule has 0 fully saturated rings. The molecule has 1 aliphatic carbocycles. The van der Waals surface area contributed by atoms with E-state index in [0.29, 0.717) is 0 Å². The van der Waals surface area contributed by atoms with Gasteiger partial charge in [0.1, 0.15) is 0 Å². The number of fused-ring (bicyclic) bond motifs is 5. The van der Waals surface area contributed by atoms with Crippen LogP contribution in [0.2, 0.25) is 0 Å². The first-order valence-corrected chi connectivity index (χ1v) is 6.42. The van der Waals surface area contributed by atoms with Crippen molar-refractivity contribution in [2.24, 2.45) is 7.05 Å². The first kappa shape index (κ1) is 9.95. The molecule has 0 N–H and O–H groups in total. The molecule has 0 saturated carbocycles. The average Bonchev–Trinajstić information content (AvgIpc) is 2.88. The van der Waals surface area contributed by atoms with Gasteiger partial charge in [-0.15, -0.1) is 0 Å². The van der Waals surface area contributed by atoms with Gasteiger partial charge in [-0.05, 0) is 23.6 Å². The molecule has 0 amide bonds. The summed E-state index contributed by atoms with van der Waals surface area (Å²) >= 11 is 0. The summed E-state index contributed by atoms with van der Waals surface area (Å²) in [4.78, 5) is 0. The van der Waals surface area contributed by atoms with Gasteiger partial charge in [-0.25, -0.2) is 0 Å². The SMILES string of the molecule is Cc1cccc2c3c(n(C)c12)-c1ccccc1C3. The Labute approximate surface area is 107 Å². The molecule has 0 atom stereocenters. The molecule has 1 nitrogen and oxygen atoms in total. The smallest absolute Gasteiger partial charge is 0.0527 e. The summed E-state index contributed by atoms with van der Waals surface area (Å²) in [6, 6.07) is 15.4. The van der Waals surface area contributed by atoms with Gasteiger partial charge in [0.2, 0.25) is 0 Å². The van der Waals surface area contributed by atoms with Crippen LogP contribution in [0.4, 0.5) is 0 Å². The minimum Gasteiger partial charge on any atom is -0.343 e. The molecule has 1 aromatic heterocycles. The Hall–Kier alpha value is -2.02. The molecule has 0 radical (unpaired) electrons. The van der Waals surface area contributed by atoms with E-state index in [0.717, 1.165) is 6.42 Å². The summed E-state index contributed by atoms with van der Waals surface area (Å²) in [5, 5.41) is 1.42. The largest absolute Gasteiger partial charge is 0.343 e. The van der Waals surface area contributed by atoms with Crippen LogP contribution in [0.1, 0.15) is 16.7 Å². The third-order valence-corrected chi connectivity index (χ3v) is 4.16. The summed E-state index contributed by atoms with van der Waals surface area (Å²) in [6.07, 6.45) is 1.08. The lowest BCUT2D eigenvalue weighted by atomic mass is 10.1. The zero-order chi connectivity index (χ0) is 12.3. The maximum Gasteiger partial charge on any atom is 0.0527 e. The zero-order valence-electron chi connectivity index (χ0n) is 10.7. The summed E-state index contributed by atoms with van der Waals surface area (Å²) in [5.41, 5.74) is 8.53. The van der Waals surface area contributed by atoms with Gasteiger partial charge in [0, 0.05) is 24.4 Å². The molecule has 0 bridgehead atoms. The standard InChI is InChI=1S/C17H15N/c1-11-6-5-9-14-15-10-12-7-3-4-8-13(12)17(15)18(2)16(11)14/h3-9H,10H2,1-2H3. The topological polar surface area (TPSA) is 4.93 Å².